The molecule has 0 atom stereocenters. The van der Waals surface area contributed by atoms with E-state index in [4.69, 9.17) is 0 Å². The molecule has 0 amide bonds. The van der Waals surface area contributed by atoms with Crippen LogP contribution in [0.2, 0.25) is 0 Å². The van der Waals surface area contributed by atoms with Crippen LogP contribution in [0.25, 0.3) is 11.1 Å². The summed E-state index contributed by atoms with van der Waals surface area (Å²) in [6, 6.07) is 8.44. The highest BCUT2D eigenvalue weighted by molar-refractivity contribution is 7.89. The molecule has 112 valence electrons. The number of sulfonamides is 1. The molecule has 0 unspecified atom stereocenters. The SMILES string of the molecule is Cc1cc(-c2ccc(S(=O)(=O)N(C)C)cc2)cn(C)c1=O. The number of hydrogen-bond acceptors (Lipinski definition) is 3. The van der Waals surface area contributed by atoms with Gasteiger partial charge in [0.05, 0.1) is 4.90 Å². The van der Waals surface area contributed by atoms with Gasteiger partial charge in [-0.1, -0.05) is 12.1 Å². The molecule has 0 saturated carbocycles. The Bertz CT molecular complexity index is 793. The molecule has 21 heavy (non-hydrogen) atoms. The van der Waals surface area contributed by atoms with Gasteiger partial charge in [0.1, 0.15) is 0 Å². The van der Waals surface area contributed by atoms with Crippen molar-refractivity contribution in [2.75, 3.05) is 14.1 Å². The maximum Gasteiger partial charge on any atom is 0.253 e. The molecule has 1 aromatic heterocycles. The molecular formula is C15H18N2O3S. The van der Waals surface area contributed by atoms with Crippen molar-refractivity contribution < 1.29 is 8.42 Å². The lowest BCUT2D eigenvalue weighted by atomic mass is 10.1. The zero-order chi connectivity index (χ0) is 15.8. The molecule has 0 radical (unpaired) electrons. The number of nitrogens with zero attached hydrogens (tertiary/aromatic N) is 2. The van der Waals surface area contributed by atoms with Crippen molar-refractivity contribution in [3.8, 4) is 11.1 Å². The number of pyridine rings is 1. The third-order valence-corrected chi connectivity index (χ3v) is 5.16. The lowest BCUT2D eigenvalue weighted by Gasteiger charge is -2.12. The summed E-state index contributed by atoms with van der Waals surface area (Å²) >= 11 is 0. The highest BCUT2D eigenvalue weighted by Gasteiger charge is 2.16. The average Bonchev–Trinajstić information content (AvgIpc) is 2.44. The van der Waals surface area contributed by atoms with Gasteiger partial charge < -0.3 is 4.57 Å². The van der Waals surface area contributed by atoms with Crippen LogP contribution in [-0.2, 0) is 17.1 Å². The normalized spacial score (nSPS) is 11.9. The Kier molecular flexibility index (Phi) is 4.02. The predicted octanol–water partition coefficient (Wildman–Crippen LogP) is 1.61. The van der Waals surface area contributed by atoms with Crippen molar-refractivity contribution in [1.82, 2.24) is 8.87 Å². The minimum absolute atomic E-state index is 0.0365. The Hall–Kier alpha value is -1.92. The Morgan fingerprint density at radius 1 is 1.05 bits per heavy atom. The van der Waals surface area contributed by atoms with Crippen molar-refractivity contribution in [2.45, 2.75) is 11.8 Å². The molecule has 0 spiro atoms. The number of rotatable bonds is 3. The summed E-state index contributed by atoms with van der Waals surface area (Å²) in [7, 11) is 1.28. The van der Waals surface area contributed by atoms with Gasteiger partial charge in [0.15, 0.2) is 0 Å². The van der Waals surface area contributed by atoms with E-state index in [2.05, 4.69) is 0 Å². The van der Waals surface area contributed by atoms with Crippen molar-refractivity contribution in [1.29, 1.82) is 0 Å². The van der Waals surface area contributed by atoms with E-state index in [0.29, 0.717) is 5.56 Å². The maximum atomic E-state index is 12.0. The van der Waals surface area contributed by atoms with E-state index in [1.807, 2.05) is 0 Å². The molecule has 0 bridgehead atoms. The minimum Gasteiger partial charge on any atom is -0.318 e. The second-order valence-corrected chi connectivity index (χ2v) is 7.29. The number of aromatic nitrogens is 1. The average molecular weight is 306 g/mol. The van der Waals surface area contributed by atoms with Crippen molar-refractivity contribution in [3.05, 3.63) is 52.4 Å². The molecule has 0 aliphatic carbocycles. The van der Waals surface area contributed by atoms with E-state index in [1.54, 1.807) is 50.5 Å². The van der Waals surface area contributed by atoms with E-state index in [-0.39, 0.29) is 10.5 Å². The Balaban J connectivity index is 2.47. The van der Waals surface area contributed by atoms with Crippen LogP contribution in [-0.4, -0.2) is 31.4 Å². The smallest absolute Gasteiger partial charge is 0.253 e. The Labute approximate surface area is 124 Å². The fraction of sp³-hybridized carbons (Fsp3) is 0.267. The zero-order valence-electron chi connectivity index (χ0n) is 12.5. The van der Waals surface area contributed by atoms with E-state index < -0.39 is 10.0 Å². The van der Waals surface area contributed by atoms with Gasteiger partial charge in [0.25, 0.3) is 5.56 Å². The Morgan fingerprint density at radius 2 is 1.62 bits per heavy atom. The number of aryl methyl sites for hydroxylation is 2. The highest BCUT2D eigenvalue weighted by Crippen LogP contribution is 2.22. The van der Waals surface area contributed by atoms with Gasteiger partial charge in [-0.25, -0.2) is 12.7 Å². The zero-order valence-corrected chi connectivity index (χ0v) is 13.3. The summed E-state index contributed by atoms with van der Waals surface area (Å²) in [4.78, 5) is 11.9. The molecule has 2 rings (SSSR count). The van der Waals surface area contributed by atoms with Crippen LogP contribution >= 0.6 is 0 Å². The van der Waals surface area contributed by atoms with Crippen molar-refractivity contribution in [3.63, 3.8) is 0 Å². The summed E-state index contributed by atoms with van der Waals surface area (Å²) in [5, 5.41) is 0. The second-order valence-electron chi connectivity index (χ2n) is 5.14. The molecule has 0 N–H and O–H groups in total. The lowest BCUT2D eigenvalue weighted by Crippen LogP contribution is -2.22. The first-order valence-electron chi connectivity index (χ1n) is 6.43. The molecule has 6 heteroatoms. The molecule has 0 aliphatic heterocycles. The summed E-state index contributed by atoms with van der Waals surface area (Å²) in [5.41, 5.74) is 2.36. The summed E-state index contributed by atoms with van der Waals surface area (Å²) in [5.74, 6) is 0. The van der Waals surface area contributed by atoms with Crippen LogP contribution in [0.5, 0.6) is 0 Å². The summed E-state index contributed by atoms with van der Waals surface area (Å²) in [6.45, 7) is 1.76. The third-order valence-electron chi connectivity index (χ3n) is 3.33. The topological polar surface area (TPSA) is 59.4 Å². The minimum atomic E-state index is -3.42. The van der Waals surface area contributed by atoms with Crippen LogP contribution in [0.3, 0.4) is 0 Å². The first kappa shape index (κ1) is 15.5. The molecule has 0 aliphatic rings. The van der Waals surface area contributed by atoms with Gasteiger partial charge in [-0.2, -0.15) is 0 Å². The Morgan fingerprint density at radius 3 is 2.10 bits per heavy atom. The van der Waals surface area contributed by atoms with Crippen LogP contribution in [0.4, 0.5) is 0 Å². The molecule has 0 fully saturated rings. The summed E-state index contributed by atoms with van der Waals surface area (Å²) < 4.78 is 26.7. The van der Waals surface area contributed by atoms with Gasteiger partial charge in [0.2, 0.25) is 10.0 Å². The van der Waals surface area contributed by atoms with Gasteiger partial charge in [0, 0.05) is 32.9 Å². The molecule has 0 saturated heterocycles. The van der Waals surface area contributed by atoms with Crippen molar-refractivity contribution in [2.24, 2.45) is 7.05 Å². The van der Waals surface area contributed by atoms with Crippen LogP contribution in [0.1, 0.15) is 5.56 Å². The highest BCUT2D eigenvalue weighted by atomic mass is 32.2. The fourth-order valence-electron chi connectivity index (χ4n) is 2.07. The van der Waals surface area contributed by atoms with Gasteiger partial charge in [-0.15, -0.1) is 0 Å². The third kappa shape index (κ3) is 2.91. The summed E-state index contributed by atoms with van der Waals surface area (Å²) in [6.07, 6.45) is 1.74. The largest absolute Gasteiger partial charge is 0.318 e. The molecule has 1 heterocycles. The van der Waals surface area contributed by atoms with Gasteiger partial charge in [-0.3, -0.25) is 4.79 Å². The van der Waals surface area contributed by atoms with E-state index in [9.17, 15) is 13.2 Å². The number of benzene rings is 1. The predicted molar refractivity (Wildman–Crippen MR) is 82.7 cm³/mol. The van der Waals surface area contributed by atoms with Crippen LogP contribution in [0.15, 0.2) is 46.2 Å². The first-order chi connectivity index (χ1) is 9.73. The van der Waals surface area contributed by atoms with Crippen molar-refractivity contribution >= 4 is 10.0 Å². The molecule has 1 aromatic carbocycles. The van der Waals surface area contributed by atoms with E-state index >= 15 is 0 Å². The molecule has 5 nitrogen and oxygen atoms in total. The molecular weight excluding hydrogens is 288 g/mol. The van der Waals surface area contributed by atoms with Crippen LogP contribution in [0, 0.1) is 6.92 Å². The lowest BCUT2D eigenvalue weighted by molar-refractivity contribution is 0.521. The maximum absolute atomic E-state index is 12.0. The quantitative estimate of drug-likeness (QED) is 0.865. The van der Waals surface area contributed by atoms with E-state index in [1.165, 1.54) is 23.0 Å². The monoisotopic (exact) mass is 306 g/mol. The number of hydrogen-bond donors (Lipinski definition) is 0. The fourth-order valence-corrected chi connectivity index (χ4v) is 2.97. The van der Waals surface area contributed by atoms with E-state index in [0.717, 1.165) is 11.1 Å². The molecule has 2 aromatic rings. The first-order valence-corrected chi connectivity index (χ1v) is 7.88. The van der Waals surface area contributed by atoms with Crippen LogP contribution < -0.4 is 5.56 Å². The van der Waals surface area contributed by atoms with Gasteiger partial charge in [-0.05, 0) is 36.2 Å². The van der Waals surface area contributed by atoms with Gasteiger partial charge >= 0.3 is 0 Å². The standard InChI is InChI=1S/C15H18N2O3S/c1-11-9-13(10-17(4)15(11)18)12-5-7-14(8-6-12)21(19,20)16(2)3/h5-10H,1-4H3. The second kappa shape index (κ2) is 5.46.